The molecule has 3 heterocycles. The van der Waals surface area contributed by atoms with Gasteiger partial charge in [0, 0.05) is 18.9 Å². The highest BCUT2D eigenvalue weighted by molar-refractivity contribution is 5.99. The minimum atomic E-state index is -0.580. The van der Waals surface area contributed by atoms with Crippen molar-refractivity contribution in [2.45, 2.75) is 32.4 Å². The predicted octanol–water partition coefficient (Wildman–Crippen LogP) is 5.11. The van der Waals surface area contributed by atoms with Gasteiger partial charge in [-0.1, -0.05) is 43.7 Å². The molecular weight excluding hydrogens is 416 g/mol. The zero-order valence-corrected chi connectivity index (χ0v) is 18.4. The van der Waals surface area contributed by atoms with Gasteiger partial charge in [-0.3, -0.25) is 14.6 Å². The zero-order chi connectivity index (χ0) is 22.8. The standard InChI is InChI=1S/C27H24N2O4/c1-2-3-14-32-20-10-6-9-19(15-20)24-23-25(30)21-11-4-5-12-22(21)33-26(23)27(31)29(24)17-18-8-7-13-28-16-18/h4-13,15-16,24H,2-3,14,17H2,1H3. The second kappa shape index (κ2) is 8.90. The molecule has 2 aromatic heterocycles. The van der Waals surface area contributed by atoms with Gasteiger partial charge in [-0.2, -0.15) is 0 Å². The molecule has 0 bridgehead atoms. The summed E-state index contributed by atoms with van der Waals surface area (Å²) in [5.41, 5.74) is 2.27. The second-order valence-corrected chi connectivity index (χ2v) is 8.14. The van der Waals surface area contributed by atoms with E-state index >= 15 is 0 Å². The van der Waals surface area contributed by atoms with Gasteiger partial charge in [0.15, 0.2) is 5.43 Å². The van der Waals surface area contributed by atoms with E-state index in [1.807, 2.05) is 36.4 Å². The monoisotopic (exact) mass is 440 g/mol. The summed E-state index contributed by atoms with van der Waals surface area (Å²) in [6, 6.07) is 17.8. The molecular formula is C27H24N2O4. The lowest BCUT2D eigenvalue weighted by atomic mass is 9.98. The van der Waals surface area contributed by atoms with E-state index in [-0.39, 0.29) is 17.1 Å². The Bertz CT molecular complexity index is 1360. The Labute approximate surface area is 191 Å². The number of nitrogens with zero attached hydrogens (tertiary/aromatic N) is 2. The molecule has 33 heavy (non-hydrogen) atoms. The Hall–Kier alpha value is -3.93. The third kappa shape index (κ3) is 3.89. The minimum Gasteiger partial charge on any atom is -0.494 e. The van der Waals surface area contributed by atoms with Crippen LogP contribution in [0.3, 0.4) is 0 Å². The zero-order valence-electron chi connectivity index (χ0n) is 18.4. The first-order valence-corrected chi connectivity index (χ1v) is 11.2. The number of rotatable bonds is 7. The van der Waals surface area contributed by atoms with Crippen molar-refractivity contribution in [3.63, 3.8) is 0 Å². The molecule has 166 valence electrons. The second-order valence-electron chi connectivity index (χ2n) is 8.14. The topological polar surface area (TPSA) is 72.6 Å². The molecule has 1 atom stereocenters. The number of unbranched alkanes of at least 4 members (excludes halogenated alkanes) is 1. The van der Waals surface area contributed by atoms with Crippen LogP contribution in [0, 0.1) is 0 Å². The van der Waals surface area contributed by atoms with Gasteiger partial charge in [-0.05, 0) is 47.9 Å². The number of para-hydroxylation sites is 1. The van der Waals surface area contributed by atoms with Gasteiger partial charge < -0.3 is 14.1 Å². The van der Waals surface area contributed by atoms with E-state index in [0.717, 1.165) is 24.0 Å². The number of fused-ring (bicyclic) bond motifs is 2. The maximum absolute atomic E-state index is 13.6. The molecule has 0 saturated heterocycles. The van der Waals surface area contributed by atoms with Gasteiger partial charge in [0.25, 0.3) is 5.91 Å². The fourth-order valence-corrected chi connectivity index (χ4v) is 4.27. The average molecular weight is 440 g/mol. The summed E-state index contributed by atoms with van der Waals surface area (Å²) in [7, 11) is 0. The van der Waals surface area contributed by atoms with Gasteiger partial charge >= 0.3 is 0 Å². The van der Waals surface area contributed by atoms with E-state index in [4.69, 9.17) is 9.15 Å². The van der Waals surface area contributed by atoms with Crippen molar-refractivity contribution >= 4 is 16.9 Å². The normalized spacial score (nSPS) is 15.1. The molecule has 0 spiro atoms. The van der Waals surface area contributed by atoms with Gasteiger partial charge in [0.1, 0.15) is 11.3 Å². The lowest BCUT2D eigenvalue weighted by Gasteiger charge is -2.25. The number of carbonyl (C=O) groups is 1. The van der Waals surface area contributed by atoms with Crippen LogP contribution in [0.1, 0.15) is 53.1 Å². The molecule has 6 heteroatoms. The number of pyridine rings is 1. The number of amides is 1. The van der Waals surface area contributed by atoms with Crippen LogP contribution in [-0.4, -0.2) is 22.4 Å². The van der Waals surface area contributed by atoms with Gasteiger partial charge in [-0.15, -0.1) is 0 Å². The highest BCUT2D eigenvalue weighted by Gasteiger charge is 2.42. The Morgan fingerprint density at radius 2 is 1.94 bits per heavy atom. The highest BCUT2D eigenvalue weighted by Crippen LogP contribution is 2.39. The first-order valence-electron chi connectivity index (χ1n) is 11.2. The van der Waals surface area contributed by atoms with Crippen LogP contribution >= 0.6 is 0 Å². The maximum Gasteiger partial charge on any atom is 0.291 e. The fourth-order valence-electron chi connectivity index (χ4n) is 4.27. The molecule has 0 fully saturated rings. The van der Waals surface area contributed by atoms with Crippen LogP contribution in [0.2, 0.25) is 0 Å². The predicted molar refractivity (Wildman–Crippen MR) is 125 cm³/mol. The lowest BCUT2D eigenvalue weighted by molar-refractivity contribution is 0.0714. The summed E-state index contributed by atoms with van der Waals surface area (Å²) in [4.78, 5) is 32.9. The largest absolute Gasteiger partial charge is 0.494 e. The molecule has 0 saturated carbocycles. The van der Waals surface area contributed by atoms with Gasteiger partial charge in [0.2, 0.25) is 5.76 Å². The fraction of sp³-hybridized carbons (Fsp3) is 0.222. The van der Waals surface area contributed by atoms with Crippen molar-refractivity contribution < 1.29 is 13.9 Å². The summed E-state index contributed by atoms with van der Waals surface area (Å²) in [6.07, 6.45) is 5.41. The molecule has 1 aliphatic heterocycles. The highest BCUT2D eigenvalue weighted by atomic mass is 16.5. The molecule has 1 unspecified atom stereocenters. The van der Waals surface area contributed by atoms with Crippen molar-refractivity contribution in [3.8, 4) is 5.75 Å². The van der Waals surface area contributed by atoms with Crippen LogP contribution in [-0.2, 0) is 6.54 Å². The number of ether oxygens (including phenoxy) is 1. The minimum absolute atomic E-state index is 0.102. The summed E-state index contributed by atoms with van der Waals surface area (Å²) in [5, 5.41) is 0.465. The molecule has 2 aromatic carbocycles. The lowest BCUT2D eigenvalue weighted by Crippen LogP contribution is -2.29. The number of benzene rings is 2. The molecule has 0 aliphatic carbocycles. The third-order valence-electron chi connectivity index (χ3n) is 5.89. The summed E-state index contributed by atoms with van der Waals surface area (Å²) < 4.78 is 11.9. The van der Waals surface area contributed by atoms with Gasteiger partial charge in [0.05, 0.1) is 23.6 Å². The van der Waals surface area contributed by atoms with Crippen molar-refractivity contribution in [2.24, 2.45) is 0 Å². The number of hydrogen-bond donors (Lipinski definition) is 0. The Morgan fingerprint density at radius 1 is 1.06 bits per heavy atom. The van der Waals surface area contributed by atoms with Crippen LogP contribution in [0.5, 0.6) is 5.75 Å². The van der Waals surface area contributed by atoms with Gasteiger partial charge in [-0.25, -0.2) is 0 Å². The smallest absolute Gasteiger partial charge is 0.291 e. The quantitative estimate of drug-likeness (QED) is 0.373. The summed E-state index contributed by atoms with van der Waals surface area (Å²) >= 11 is 0. The summed E-state index contributed by atoms with van der Waals surface area (Å²) in [6.45, 7) is 3.03. The van der Waals surface area contributed by atoms with Crippen LogP contribution in [0.25, 0.3) is 11.0 Å². The van der Waals surface area contributed by atoms with E-state index in [1.54, 1.807) is 41.6 Å². The van der Waals surface area contributed by atoms with Crippen LogP contribution in [0.4, 0.5) is 0 Å². The molecule has 0 radical (unpaired) electrons. The molecule has 0 N–H and O–H groups in total. The van der Waals surface area contributed by atoms with Crippen molar-refractivity contribution in [1.29, 1.82) is 0 Å². The Balaban J connectivity index is 1.64. The van der Waals surface area contributed by atoms with Crippen molar-refractivity contribution in [1.82, 2.24) is 9.88 Å². The molecule has 6 nitrogen and oxygen atoms in total. The van der Waals surface area contributed by atoms with Crippen molar-refractivity contribution in [3.05, 3.63) is 106 Å². The molecule has 1 aliphatic rings. The Kier molecular flexibility index (Phi) is 5.65. The SMILES string of the molecule is CCCCOc1cccc(C2c3c(oc4ccccc4c3=O)C(=O)N2Cc2cccnc2)c1. The first-order chi connectivity index (χ1) is 16.2. The van der Waals surface area contributed by atoms with E-state index < -0.39 is 6.04 Å². The molecule has 1 amide bonds. The third-order valence-corrected chi connectivity index (χ3v) is 5.89. The average Bonchev–Trinajstić information content (AvgIpc) is 3.12. The van der Waals surface area contributed by atoms with E-state index in [1.165, 1.54) is 0 Å². The molecule has 4 aromatic rings. The maximum atomic E-state index is 13.6. The Morgan fingerprint density at radius 3 is 2.76 bits per heavy atom. The number of hydrogen-bond acceptors (Lipinski definition) is 5. The van der Waals surface area contributed by atoms with Crippen LogP contribution < -0.4 is 10.2 Å². The summed E-state index contributed by atoms with van der Waals surface area (Å²) in [5.74, 6) is 0.511. The van der Waals surface area contributed by atoms with E-state index in [9.17, 15) is 9.59 Å². The number of aromatic nitrogens is 1. The van der Waals surface area contributed by atoms with Crippen LogP contribution in [0.15, 0.2) is 82.3 Å². The van der Waals surface area contributed by atoms with E-state index in [2.05, 4.69) is 11.9 Å². The number of carbonyl (C=O) groups excluding carboxylic acids is 1. The van der Waals surface area contributed by atoms with E-state index in [0.29, 0.717) is 35.4 Å². The van der Waals surface area contributed by atoms with Crippen molar-refractivity contribution in [2.75, 3.05) is 6.61 Å². The molecule has 5 rings (SSSR count). The first kappa shape index (κ1) is 20.9.